The highest BCUT2D eigenvalue weighted by atomic mass is 79.9. The first-order valence-corrected chi connectivity index (χ1v) is 5.95. The zero-order valence-corrected chi connectivity index (χ0v) is 10.8. The van der Waals surface area contributed by atoms with E-state index in [9.17, 15) is 4.79 Å². The van der Waals surface area contributed by atoms with Gasteiger partial charge in [0.1, 0.15) is 11.6 Å². The molecule has 0 aromatic carbocycles. The third-order valence-corrected chi connectivity index (χ3v) is 2.54. The molecule has 0 aliphatic heterocycles. The Labute approximate surface area is 98.5 Å². The summed E-state index contributed by atoms with van der Waals surface area (Å²) in [6.07, 6.45) is 2.08. The van der Waals surface area contributed by atoms with Gasteiger partial charge >= 0.3 is 0 Å². The molecule has 0 unspecified atom stereocenters. The molecule has 0 aliphatic carbocycles. The standard InChI is InChI=1S/C11H15BrN2O/c1-11(2,3)10-13-5-4-8(14-10)6-9(15)7-12/h4-5H,6-7H2,1-3H3. The lowest BCUT2D eigenvalue weighted by molar-refractivity contribution is -0.115. The van der Waals surface area contributed by atoms with Crippen LogP contribution in [-0.4, -0.2) is 21.1 Å². The van der Waals surface area contributed by atoms with Crippen LogP contribution in [0.4, 0.5) is 0 Å². The van der Waals surface area contributed by atoms with Gasteiger partial charge in [-0.15, -0.1) is 0 Å². The van der Waals surface area contributed by atoms with Gasteiger partial charge in [0.15, 0.2) is 0 Å². The number of nitrogens with zero attached hydrogens (tertiary/aromatic N) is 2. The molecule has 0 aliphatic rings. The number of hydrogen-bond donors (Lipinski definition) is 0. The van der Waals surface area contributed by atoms with E-state index in [-0.39, 0.29) is 11.2 Å². The molecule has 1 aromatic rings. The molecule has 1 heterocycles. The fraction of sp³-hybridized carbons (Fsp3) is 0.545. The summed E-state index contributed by atoms with van der Waals surface area (Å²) in [7, 11) is 0. The van der Waals surface area contributed by atoms with Crippen molar-refractivity contribution < 1.29 is 4.79 Å². The molecule has 0 atom stereocenters. The van der Waals surface area contributed by atoms with Gasteiger partial charge in [0.25, 0.3) is 0 Å². The molecule has 0 radical (unpaired) electrons. The van der Waals surface area contributed by atoms with Crippen molar-refractivity contribution in [2.45, 2.75) is 32.6 Å². The molecule has 0 saturated heterocycles. The minimum atomic E-state index is -0.0759. The van der Waals surface area contributed by atoms with Crippen LogP contribution in [0.5, 0.6) is 0 Å². The molecule has 4 heteroatoms. The van der Waals surface area contributed by atoms with Crippen LogP contribution in [0.15, 0.2) is 12.3 Å². The van der Waals surface area contributed by atoms with Gasteiger partial charge < -0.3 is 0 Å². The zero-order chi connectivity index (χ0) is 11.5. The molecular weight excluding hydrogens is 256 g/mol. The summed E-state index contributed by atoms with van der Waals surface area (Å²) in [5, 5.41) is 0.377. The molecule has 0 spiro atoms. The highest BCUT2D eigenvalue weighted by molar-refractivity contribution is 9.09. The first-order chi connectivity index (χ1) is 6.93. The third kappa shape index (κ3) is 3.70. The maximum Gasteiger partial charge on any atom is 0.149 e. The third-order valence-electron chi connectivity index (χ3n) is 1.91. The van der Waals surface area contributed by atoms with Crippen LogP contribution in [0.25, 0.3) is 0 Å². The molecule has 0 saturated carbocycles. The Balaban J connectivity index is 2.88. The Bertz CT molecular complexity index is 358. The van der Waals surface area contributed by atoms with E-state index in [1.165, 1.54) is 0 Å². The predicted molar refractivity (Wildman–Crippen MR) is 63.2 cm³/mol. The molecule has 0 bridgehead atoms. The first-order valence-electron chi connectivity index (χ1n) is 4.83. The Morgan fingerprint density at radius 3 is 2.67 bits per heavy atom. The minimum Gasteiger partial charge on any atom is -0.298 e. The second kappa shape index (κ2) is 4.84. The second-order valence-electron chi connectivity index (χ2n) is 4.47. The van der Waals surface area contributed by atoms with E-state index in [1.54, 1.807) is 12.3 Å². The van der Waals surface area contributed by atoms with E-state index < -0.39 is 0 Å². The number of hydrogen-bond acceptors (Lipinski definition) is 3. The topological polar surface area (TPSA) is 42.9 Å². The highest BCUT2D eigenvalue weighted by Crippen LogP contribution is 2.17. The van der Waals surface area contributed by atoms with Crippen LogP contribution in [0, 0.1) is 0 Å². The Morgan fingerprint density at radius 2 is 2.13 bits per heavy atom. The number of alkyl halides is 1. The van der Waals surface area contributed by atoms with Gasteiger partial charge in [0, 0.05) is 18.0 Å². The summed E-state index contributed by atoms with van der Waals surface area (Å²) >= 11 is 3.14. The van der Waals surface area contributed by atoms with Gasteiger partial charge in [-0.3, -0.25) is 4.79 Å². The number of halogens is 1. The normalized spacial score (nSPS) is 11.5. The average Bonchev–Trinajstić information content (AvgIpc) is 2.17. The van der Waals surface area contributed by atoms with Gasteiger partial charge in [-0.2, -0.15) is 0 Å². The van der Waals surface area contributed by atoms with Crippen LogP contribution in [0.1, 0.15) is 32.3 Å². The largest absolute Gasteiger partial charge is 0.298 e. The lowest BCUT2D eigenvalue weighted by Gasteiger charge is -2.16. The van der Waals surface area contributed by atoms with Crippen molar-refractivity contribution in [3.05, 3.63) is 23.8 Å². The van der Waals surface area contributed by atoms with Gasteiger partial charge in [0.2, 0.25) is 0 Å². The van der Waals surface area contributed by atoms with Gasteiger partial charge in [-0.1, -0.05) is 36.7 Å². The summed E-state index contributed by atoms with van der Waals surface area (Å²) in [6, 6.07) is 1.79. The number of Topliss-reactive ketones (excluding diaryl/α,β-unsaturated/α-hetero) is 1. The van der Waals surface area contributed by atoms with Crippen LogP contribution < -0.4 is 0 Å². The molecule has 1 rings (SSSR count). The smallest absolute Gasteiger partial charge is 0.149 e. The highest BCUT2D eigenvalue weighted by Gasteiger charge is 2.17. The van der Waals surface area contributed by atoms with E-state index in [0.717, 1.165) is 11.5 Å². The van der Waals surface area contributed by atoms with E-state index in [2.05, 4.69) is 46.7 Å². The first kappa shape index (κ1) is 12.3. The van der Waals surface area contributed by atoms with E-state index >= 15 is 0 Å². The minimum absolute atomic E-state index is 0.0759. The van der Waals surface area contributed by atoms with E-state index in [4.69, 9.17) is 0 Å². The van der Waals surface area contributed by atoms with Crippen molar-refractivity contribution in [2.24, 2.45) is 0 Å². The Hall–Kier alpha value is -0.770. The van der Waals surface area contributed by atoms with Crippen LogP contribution >= 0.6 is 15.9 Å². The summed E-state index contributed by atoms with van der Waals surface area (Å²) in [5.41, 5.74) is 0.715. The number of carbonyl (C=O) groups excluding carboxylic acids is 1. The second-order valence-corrected chi connectivity index (χ2v) is 5.03. The molecule has 3 nitrogen and oxygen atoms in total. The van der Waals surface area contributed by atoms with Crippen LogP contribution in [0.2, 0.25) is 0 Å². The van der Waals surface area contributed by atoms with Crippen molar-refractivity contribution in [2.75, 3.05) is 5.33 Å². The number of aromatic nitrogens is 2. The quantitative estimate of drug-likeness (QED) is 0.792. The monoisotopic (exact) mass is 270 g/mol. The lowest BCUT2D eigenvalue weighted by atomic mass is 9.95. The fourth-order valence-corrected chi connectivity index (χ4v) is 1.30. The molecule has 0 amide bonds. The average molecular weight is 271 g/mol. The Kier molecular flexibility index (Phi) is 3.97. The molecule has 0 fully saturated rings. The van der Waals surface area contributed by atoms with Crippen molar-refractivity contribution in [1.82, 2.24) is 9.97 Å². The lowest BCUT2D eigenvalue weighted by Crippen LogP contribution is -2.17. The molecule has 1 aromatic heterocycles. The zero-order valence-electron chi connectivity index (χ0n) is 9.25. The van der Waals surface area contributed by atoms with Gasteiger partial charge in [-0.25, -0.2) is 9.97 Å². The van der Waals surface area contributed by atoms with Gasteiger partial charge in [0.05, 0.1) is 11.0 Å². The number of carbonyl (C=O) groups is 1. The van der Waals surface area contributed by atoms with Crippen molar-refractivity contribution in [3.8, 4) is 0 Å². The maximum atomic E-state index is 11.2. The maximum absolute atomic E-state index is 11.2. The molecular formula is C11H15BrN2O. The van der Waals surface area contributed by atoms with E-state index in [1.807, 2.05) is 0 Å². The SMILES string of the molecule is CC(C)(C)c1nccc(CC(=O)CBr)n1. The van der Waals surface area contributed by atoms with Crippen LogP contribution in [0.3, 0.4) is 0 Å². The Morgan fingerprint density at radius 1 is 1.47 bits per heavy atom. The van der Waals surface area contributed by atoms with E-state index in [0.29, 0.717) is 11.8 Å². The molecule has 82 valence electrons. The summed E-state index contributed by atoms with van der Waals surface area (Å²) < 4.78 is 0. The van der Waals surface area contributed by atoms with Gasteiger partial charge in [-0.05, 0) is 6.07 Å². The molecule has 0 N–H and O–H groups in total. The number of rotatable bonds is 3. The van der Waals surface area contributed by atoms with Crippen molar-refractivity contribution in [1.29, 1.82) is 0 Å². The predicted octanol–water partition coefficient (Wildman–Crippen LogP) is 2.28. The summed E-state index contributed by atoms with van der Waals surface area (Å²) in [4.78, 5) is 19.8. The summed E-state index contributed by atoms with van der Waals surface area (Å²) in [5.74, 6) is 0.913. The fourth-order valence-electron chi connectivity index (χ4n) is 1.11. The number of ketones is 1. The van der Waals surface area contributed by atoms with Crippen LogP contribution in [-0.2, 0) is 16.6 Å². The van der Waals surface area contributed by atoms with Crippen molar-refractivity contribution in [3.63, 3.8) is 0 Å². The van der Waals surface area contributed by atoms with Crippen molar-refractivity contribution >= 4 is 21.7 Å². The summed E-state index contributed by atoms with van der Waals surface area (Å²) in [6.45, 7) is 6.16. The molecule has 15 heavy (non-hydrogen) atoms.